The molecule has 0 aliphatic rings. The lowest BCUT2D eigenvalue weighted by Crippen LogP contribution is -2.45. The van der Waals surface area contributed by atoms with Crippen molar-refractivity contribution in [2.24, 2.45) is 11.7 Å². The fourth-order valence-electron chi connectivity index (χ4n) is 1.35. The van der Waals surface area contributed by atoms with E-state index in [-0.39, 0.29) is 5.97 Å². The molecule has 0 radical (unpaired) electrons. The van der Waals surface area contributed by atoms with Crippen molar-refractivity contribution in [2.45, 2.75) is 45.6 Å². The molecule has 0 fully saturated rings. The average Bonchev–Trinajstić information content (AvgIpc) is 2.21. The summed E-state index contributed by atoms with van der Waals surface area (Å²) in [6, 6.07) is 0. The van der Waals surface area contributed by atoms with Gasteiger partial charge in [0.15, 0.2) is 0 Å². The number of carbonyl (C=O) groups excluding carboxylic acids is 1. The number of nitrogens with two attached hydrogens (primary N) is 1. The van der Waals surface area contributed by atoms with Crippen LogP contribution >= 0.6 is 11.8 Å². The molecule has 0 aliphatic heterocycles. The monoisotopic (exact) mass is 247 g/mol. The van der Waals surface area contributed by atoms with E-state index in [0.29, 0.717) is 6.42 Å². The van der Waals surface area contributed by atoms with Gasteiger partial charge < -0.3 is 10.5 Å². The molecule has 0 aromatic rings. The summed E-state index contributed by atoms with van der Waals surface area (Å²) in [6.45, 7) is 6.18. The van der Waals surface area contributed by atoms with Crippen molar-refractivity contribution >= 4 is 17.7 Å². The standard InChI is InChI=1S/C12H25NO2S/c1-10(2)9-16-8-6-5-7-12(3,13)11(14)15-4/h10H,5-9,13H2,1-4H3. The lowest BCUT2D eigenvalue weighted by molar-refractivity contribution is -0.146. The Bertz CT molecular complexity index is 205. The number of hydrogen-bond acceptors (Lipinski definition) is 4. The Morgan fingerprint density at radius 3 is 2.56 bits per heavy atom. The van der Waals surface area contributed by atoms with Crippen molar-refractivity contribution in [1.82, 2.24) is 0 Å². The zero-order chi connectivity index (χ0) is 12.6. The molecule has 0 heterocycles. The fraction of sp³-hybridized carbons (Fsp3) is 0.917. The number of thioether (sulfide) groups is 1. The van der Waals surface area contributed by atoms with Gasteiger partial charge >= 0.3 is 5.97 Å². The molecule has 0 bridgehead atoms. The van der Waals surface area contributed by atoms with E-state index in [1.54, 1.807) is 6.92 Å². The molecule has 0 amide bonds. The number of hydrogen-bond donors (Lipinski definition) is 1. The molecule has 0 spiro atoms. The summed E-state index contributed by atoms with van der Waals surface area (Å²) in [5.41, 5.74) is 5.03. The number of unbranched alkanes of at least 4 members (excludes halogenated alkanes) is 1. The first-order valence-corrected chi connectivity index (χ1v) is 7.00. The van der Waals surface area contributed by atoms with Crippen LogP contribution in [-0.2, 0) is 9.53 Å². The van der Waals surface area contributed by atoms with E-state index in [9.17, 15) is 4.79 Å². The zero-order valence-corrected chi connectivity index (χ0v) is 11.7. The highest BCUT2D eigenvalue weighted by Gasteiger charge is 2.28. The molecule has 0 aliphatic carbocycles. The second-order valence-electron chi connectivity index (χ2n) is 4.83. The van der Waals surface area contributed by atoms with E-state index >= 15 is 0 Å². The minimum atomic E-state index is -0.822. The highest BCUT2D eigenvalue weighted by Crippen LogP contribution is 2.15. The molecule has 0 aromatic heterocycles. The number of carbonyl (C=O) groups is 1. The Morgan fingerprint density at radius 1 is 1.44 bits per heavy atom. The van der Waals surface area contributed by atoms with Gasteiger partial charge in [-0.2, -0.15) is 11.8 Å². The van der Waals surface area contributed by atoms with Crippen molar-refractivity contribution in [3.05, 3.63) is 0 Å². The maximum atomic E-state index is 11.3. The van der Waals surface area contributed by atoms with Gasteiger partial charge in [-0.15, -0.1) is 0 Å². The molecule has 3 nitrogen and oxygen atoms in total. The van der Waals surface area contributed by atoms with Crippen LogP contribution in [0.1, 0.15) is 40.0 Å². The Morgan fingerprint density at radius 2 is 2.06 bits per heavy atom. The third-order valence-corrected chi connectivity index (χ3v) is 3.82. The second-order valence-corrected chi connectivity index (χ2v) is 5.98. The number of methoxy groups -OCH3 is 1. The highest BCUT2D eigenvalue weighted by atomic mass is 32.2. The van der Waals surface area contributed by atoms with Gasteiger partial charge in [-0.3, -0.25) is 4.79 Å². The normalized spacial score (nSPS) is 14.9. The molecule has 4 heteroatoms. The van der Waals surface area contributed by atoms with Gasteiger partial charge in [0.2, 0.25) is 0 Å². The van der Waals surface area contributed by atoms with Gasteiger partial charge in [-0.1, -0.05) is 20.3 Å². The molecule has 96 valence electrons. The van der Waals surface area contributed by atoms with E-state index in [1.807, 2.05) is 11.8 Å². The molecule has 0 saturated carbocycles. The van der Waals surface area contributed by atoms with Crippen molar-refractivity contribution in [1.29, 1.82) is 0 Å². The predicted molar refractivity (Wildman–Crippen MR) is 70.6 cm³/mol. The van der Waals surface area contributed by atoms with Crippen LogP contribution in [0.25, 0.3) is 0 Å². The quantitative estimate of drug-likeness (QED) is 0.529. The van der Waals surface area contributed by atoms with Crippen molar-refractivity contribution in [3.63, 3.8) is 0 Å². The lowest BCUT2D eigenvalue weighted by Gasteiger charge is -2.21. The summed E-state index contributed by atoms with van der Waals surface area (Å²) in [4.78, 5) is 11.3. The maximum Gasteiger partial charge on any atom is 0.325 e. The van der Waals surface area contributed by atoms with Crippen LogP contribution in [-0.4, -0.2) is 30.1 Å². The van der Waals surface area contributed by atoms with Crippen LogP contribution < -0.4 is 5.73 Å². The minimum Gasteiger partial charge on any atom is -0.468 e. The van der Waals surface area contributed by atoms with E-state index in [1.165, 1.54) is 12.9 Å². The Labute approximate surface area is 103 Å². The molecule has 16 heavy (non-hydrogen) atoms. The van der Waals surface area contributed by atoms with Crippen LogP contribution in [0, 0.1) is 5.92 Å². The van der Waals surface area contributed by atoms with Gasteiger partial charge in [0.05, 0.1) is 7.11 Å². The third kappa shape index (κ3) is 7.12. The van der Waals surface area contributed by atoms with Crippen LogP contribution in [0.5, 0.6) is 0 Å². The third-order valence-electron chi connectivity index (χ3n) is 2.34. The summed E-state index contributed by atoms with van der Waals surface area (Å²) < 4.78 is 4.66. The lowest BCUT2D eigenvalue weighted by atomic mass is 9.97. The molecule has 0 aromatic carbocycles. The zero-order valence-electron chi connectivity index (χ0n) is 10.9. The molecular formula is C12H25NO2S. The van der Waals surface area contributed by atoms with E-state index in [2.05, 4.69) is 18.6 Å². The summed E-state index contributed by atoms with van der Waals surface area (Å²) in [7, 11) is 1.38. The second kappa shape index (κ2) is 7.96. The fourth-order valence-corrected chi connectivity index (χ4v) is 2.40. The SMILES string of the molecule is COC(=O)C(C)(N)CCCCSCC(C)C. The smallest absolute Gasteiger partial charge is 0.325 e. The van der Waals surface area contributed by atoms with Crippen molar-refractivity contribution in [3.8, 4) is 0 Å². The molecule has 0 saturated heterocycles. The van der Waals surface area contributed by atoms with Crippen LogP contribution in [0.3, 0.4) is 0 Å². The minimum absolute atomic E-state index is 0.317. The maximum absolute atomic E-state index is 11.3. The van der Waals surface area contributed by atoms with Crippen molar-refractivity contribution < 1.29 is 9.53 Å². The average molecular weight is 247 g/mol. The first-order valence-electron chi connectivity index (χ1n) is 5.85. The van der Waals surface area contributed by atoms with Crippen LogP contribution in [0.2, 0.25) is 0 Å². The van der Waals surface area contributed by atoms with E-state index in [4.69, 9.17) is 5.73 Å². The highest BCUT2D eigenvalue weighted by molar-refractivity contribution is 7.99. The number of esters is 1. The molecule has 2 N–H and O–H groups in total. The largest absolute Gasteiger partial charge is 0.468 e. The molecule has 1 atom stereocenters. The first kappa shape index (κ1) is 15.8. The van der Waals surface area contributed by atoms with Gasteiger partial charge in [-0.25, -0.2) is 0 Å². The summed E-state index contributed by atoms with van der Waals surface area (Å²) in [6.07, 6.45) is 2.79. The summed E-state index contributed by atoms with van der Waals surface area (Å²) >= 11 is 1.97. The molecule has 1 unspecified atom stereocenters. The molecule has 0 rings (SSSR count). The van der Waals surface area contributed by atoms with Crippen LogP contribution in [0.15, 0.2) is 0 Å². The molecular weight excluding hydrogens is 222 g/mol. The number of rotatable bonds is 8. The van der Waals surface area contributed by atoms with Gasteiger partial charge in [0.1, 0.15) is 5.54 Å². The number of ether oxygens (including phenoxy) is 1. The Kier molecular flexibility index (Phi) is 7.85. The predicted octanol–water partition coefficient (Wildman–Crippen LogP) is 2.44. The topological polar surface area (TPSA) is 52.3 Å². The van der Waals surface area contributed by atoms with E-state index < -0.39 is 5.54 Å². The Hall–Kier alpha value is -0.220. The van der Waals surface area contributed by atoms with Gasteiger partial charge in [-0.05, 0) is 37.2 Å². The van der Waals surface area contributed by atoms with Crippen molar-refractivity contribution in [2.75, 3.05) is 18.6 Å². The van der Waals surface area contributed by atoms with Crippen LogP contribution in [0.4, 0.5) is 0 Å². The van der Waals surface area contributed by atoms with E-state index in [0.717, 1.165) is 24.5 Å². The van der Waals surface area contributed by atoms with Gasteiger partial charge in [0, 0.05) is 0 Å². The summed E-state index contributed by atoms with van der Waals surface area (Å²) in [5.74, 6) is 2.79. The Balaban J connectivity index is 3.54. The summed E-state index contributed by atoms with van der Waals surface area (Å²) in [5, 5.41) is 0. The first-order chi connectivity index (χ1) is 7.40. The van der Waals surface area contributed by atoms with Gasteiger partial charge in [0.25, 0.3) is 0 Å².